The molecule has 4 nitrogen and oxygen atoms in total. The van der Waals surface area contributed by atoms with E-state index in [4.69, 9.17) is 16.3 Å². The second-order valence-electron chi connectivity index (χ2n) is 6.23. The Bertz CT molecular complexity index is 769. The average Bonchev–Trinajstić information content (AvgIpc) is 2.45. The summed E-state index contributed by atoms with van der Waals surface area (Å²) in [4.78, 5) is 15.4. The number of nitrogens with one attached hydrogen (secondary N) is 1. The number of rotatable bonds is 2. The van der Waals surface area contributed by atoms with Gasteiger partial charge in [-0.2, -0.15) is 13.2 Å². The summed E-state index contributed by atoms with van der Waals surface area (Å²) in [6, 6.07) is 6.63. The van der Waals surface area contributed by atoms with Crippen molar-refractivity contribution in [2.75, 3.05) is 5.32 Å². The number of nitrogens with zero attached hydrogens (tertiary/aromatic N) is 1. The molecular formula is C17H16ClF3N2O2. The summed E-state index contributed by atoms with van der Waals surface area (Å²) >= 11 is 5.87. The molecule has 0 spiro atoms. The first kappa shape index (κ1) is 19.1. The Morgan fingerprint density at radius 2 is 1.72 bits per heavy atom. The Kier molecular flexibility index (Phi) is 5.27. The summed E-state index contributed by atoms with van der Waals surface area (Å²) in [7, 11) is 0. The van der Waals surface area contributed by atoms with E-state index in [0.29, 0.717) is 5.69 Å². The largest absolute Gasteiger partial charge is 0.444 e. The molecule has 2 aromatic rings. The van der Waals surface area contributed by atoms with Crippen molar-refractivity contribution in [2.45, 2.75) is 32.5 Å². The third-order valence-corrected chi connectivity index (χ3v) is 3.32. The molecule has 1 amide bonds. The number of halogens is 4. The van der Waals surface area contributed by atoms with Crippen LogP contribution >= 0.6 is 11.6 Å². The maximum atomic E-state index is 13.2. The van der Waals surface area contributed by atoms with Gasteiger partial charge in [0.25, 0.3) is 0 Å². The van der Waals surface area contributed by atoms with Crippen molar-refractivity contribution in [2.24, 2.45) is 0 Å². The van der Waals surface area contributed by atoms with Crippen LogP contribution in [0.4, 0.5) is 23.7 Å². The second-order valence-corrected chi connectivity index (χ2v) is 6.58. The fourth-order valence-corrected chi connectivity index (χ4v) is 2.36. The predicted molar refractivity (Wildman–Crippen MR) is 89.5 cm³/mol. The lowest BCUT2D eigenvalue weighted by Gasteiger charge is -2.19. The highest BCUT2D eigenvalue weighted by atomic mass is 35.5. The van der Waals surface area contributed by atoms with Gasteiger partial charge in [0, 0.05) is 17.4 Å². The fourth-order valence-electron chi connectivity index (χ4n) is 2.09. The van der Waals surface area contributed by atoms with Crippen LogP contribution in [0.2, 0.25) is 5.15 Å². The second kappa shape index (κ2) is 6.92. The van der Waals surface area contributed by atoms with Crippen molar-refractivity contribution in [3.05, 3.63) is 47.2 Å². The quantitative estimate of drug-likeness (QED) is 0.681. The zero-order valence-electron chi connectivity index (χ0n) is 13.7. The van der Waals surface area contributed by atoms with Gasteiger partial charge in [0.15, 0.2) is 0 Å². The highest BCUT2D eigenvalue weighted by Crippen LogP contribution is 2.40. The molecule has 1 aromatic heterocycles. The van der Waals surface area contributed by atoms with Gasteiger partial charge in [-0.15, -0.1) is 0 Å². The van der Waals surface area contributed by atoms with Crippen molar-refractivity contribution in [1.82, 2.24) is 4.98 Å². The molecule has 0 saturated carbocycles. The summed E-state index contributed by atoms with van der Waals surface area (Å²) < 4.78 is 44.6. The van der Waals surface area contributed by atoms with Crippen molar-refractivity contribution in [3.63, 3.8) is 0 Å². The molecule has 2 rings (SSSR count). The smallest absolute Gasteiger partial charge is 0.417 e. The van der Waals surface area contributed by atoms with Crippen LogP contribution in [0.1, 0.15) is 26.3 Å². The number of hydrogen-bond acceptors (Lipinski definition) is 3. The lowest BCUT2D eigenvalue weighted by Crippen LogP contribution is -2.27. The minimum atomic E-state index is -4.56. The number of aromatic nitrogens is 1. The average molecular weight is 373 g/mol. The zero-order valence-corrected chi connectivity index (χ0v) is 14.5. The number of amides is 1. The molecule has 0 aliphatic carbocycles. The van der Waals surface area contributed by atoms with Crippen LogP contribution in [0.25, 0.3) is 11.1 Å². The molecule has 134 valence electrons. The summed E-state index contributed by atoms with van der Waals surface area (Å²) in [6.45, 7) is 5.16. The maximum Gasteiger partial charge on any atom is 0.417 e. The fraction of sp³-hybridized carbons (Fsp3) is 0.294. The van der Waals surface area contributed by atoms with E-state index in [1.54, 1.807) is 20.8 Å². The molecule has 0 saturated heterocycles. The minimum Gasteiger partial charge on any atom is -0.444 e. The number of benzene rings is 1. The molecule has 8 heteroatoms. The molecule has 0 aliphatic rings. The molecule has 1 heterocycles. The molecule has 0 fully saturated rings. The number of pyridine rings is 1. The Hall–Kier alpha value is -2.28. The van der Waals surface area contributed by atoms with Crippen LogP contribution < -0.4 is 5.32 Å². The van der Waals surface area contributed by atoms with Gasteiger partial charge in [-0.05, 0) is 44.5 Å². The SMILES string of the molecule is CC(C)(C)OC(=O)Nc1ccc(-c2c(C(F)(F)F)ccnc2Cl)cc1. The van der Waals surface area contributed by atoms with Gasteiger partial charge < -0.3 is 4.74 Å². The van der Waals surface area contributed by atoms with Crippen molar-refractivity contribution < 1.29 is 22.7 Å². The molecule has 0 atom stereocenters. The number of hydrogen-bond donors (Lipinski definition) is 1. The predicted octanol–water partition coefficient (Wildman–Crippen LogP) is 5.77. The van der Waals surface area contributed by atoms with Gasteiger partial charge in [0.2, 0.25) is 0 Å². The van der Waals surface area contributed by atoms with E-state index in [1.165, 1.54) is 24.3 Å². The van der Waals surface area contributed by atoms with E-state index >= 15 is 0 Å². The lowest BCUT2D eigenvalue weighted by molar-refractivity contribution is -0.137. The van der Waals surface area contributed by atoms with Crippen molar-refractivity contribution in [1.29, 1.82) is 0 Å². The van der Waals surface area contributed by atoms with Crippen LogP contribution in [0, 0.1) is 0 Å². The Balaban J connectivity index is 2.28. The molecule has 1 N–H and O–H groups in total. The molecular weight excluding hydrogens is 357 g/mol. The first-order valence-corrected chi connectivity index (χ1v) is 7.67. The van der Waals surface area contributed by atoms with Gasteiger partial charge >= 0.3 is 12.3 Å². The molecule has 0 bridgehead atoms. The third-order valence-electron chi connectivity index (χ3n) is 3.03. The molecule has 0 aliphatic heterocycles. The molecule has 1 aromatic carbocycles. The number of carbonyl (C=O) groups excluding carboxylic acids is 1. The van der Waals surface area contributed by atoms with E-state index in [1.807, 2.05) is 0 Å². The zero-order chi connectivity index (χ0) is 18.8. The monoisotopic (exact) mass is 372 g/mol. The molecule has 0 radical (unpaired) electrons. The van der Waals surface area contributed by atoms with E-state index in [-0.39, 0.29) is 16.3 Å². The van der Waals surface area contributed by atoms with E-state index in [0.717, 1.165) is 12.3 Å². The third kappa shape index (κ3) is 5.09. The van der Waals surface area contributed by atoms with E-state index in [9.17, 15) is 18.0 Å². The number of alkyl halides is 3. The van der Waals surface area contributed by atoms with Crippen LogP contribution in [0.15, 0.2) is 36.5 Å². The van der Waals surface area contributed by atoms with E-state index < -0.39 is 23.4 Å². The summed E-state index contributed by atoms with van der Waals surface area (Å²) in [5.41, 5.74) is -1.12. The number of carbonyl (C=O) groups is 1. The molecule has 0 unspecified atom stereocenters. The Morgan fingerprint density at radius 1 is 1.12 bits per heavy atom. The first-order chi connectivity index (χ1) is 11.5. The summed E-state index contributed by atoms with van der Waals surface area (Å²) in [5.74, 6) is 0. The minimum absolute atomic E-state index is 0.208. The van der Waals surface area contributed by atoms with Gasteiger partial charge in [-0.1, -0.05) is 23.7 Å². The maximum absolute atomic E-state index is 13.2. The lowest BCUT2D eigenvalue weighted by atomic mass is 10.0. The molecule has 25 heavy (non-hydrogen) atoms. The van der Waals surface area contributed by atoms with Crippen LogP contribution in [0.5, 0.6) is 0 Å². The van der Waals surface area contributed by atoms with Crippen LogP contribution in [-0.2, 0) is 10.9 Å². The van der Waals surface area contributed by atoms with E-state index in [2.05, 4.69) is 10.3 Å². The topological polar surface area (TPSA) is 51.2 Å². The summed E-state index contributed by atoms with van der Waals surface area (Å²) in [6.07, 6.45) is -4.21. The van der Waals surface area contributed by atoms with Crippen LogP contribution in [-0.4, -0.2) is 16.7 Å². The standard InChI is InChI=1S/C17H16ClF3N2O2/c1-16(2,3)25-15(24)23-11-6-4-10(5-7-11)13-12(17(19,20)21)8-9-22-14(13)18/h4-9H,1-3H3,(H,23,24). The number of ether oxygens (including phenoxy) is 1. The normalized spacial score (nSPS) is 12.0. The van der Waals surface area contributed by atoms with Gasteiger partial charge in [-0.3, -0.25) is 5.32 Å². The summed E-state index contributed by atoms with van der Waals surface area (Å²) in [5, 5.41) is 2.26. The Morgan fingerprint density at radius 3 is 2.24 bits per heavy atom. The van der Waals surface area contributed by atoms with Gasteiger partial charge in [-0.25, -0.2) is 9.78 Å². The highest BCUT2D eigenvalue weighted by molar-refractivity contribution is 6.32. The van der Waals surface area contributed by atoms with Crippen molar-refractivity contribution in [3.8, 4) is 11.1 Å². The Labute approximate surface area is 148 Å². The first-order valence-electron chi connectivity index (χ1n) is 7.29. The number of anilines is 1. The van der Waals surface area contributed by atoms with Crippen LogP contribution in [0.3, 0.4) is 0 Å². The van der Waals surface area contributed by atoms with Gasteiger partial charge in [0.05, 0.1) is 5.56 Å². The van der Waals surface area contributed by atoms with Crippen molar-refractivity contribution >= 4 is 23.4 Å². The highest BCUT2D eigenvalue weighted by Gasteiger charge is 2.35. The van der Waals surface area contributed by atoms with Gasteiger partial charge in [0.1, 0.15) is 10.8 Å².